The first-order chi connectivity index (χ1) is 10.3. The van der Waals surface area contributed by atoms with Crippen LogP contribution in [-0.2, 0) is 6.42 Å². The quantitative estimate of drug-likeness (QED) is 0.938. The maximum absolute atomic E-state index is 6.23. The fourth-order valence-electron chi connectivity index (χ4n) is 4.19. The first-order valence-corrected chi connectivity index (χ1v) is 8.23. The van der Waals surface area contributed by atoms with E-state index in [4.69, 9.17) is 4.42 Å². The molecule has 3 nitrogen and oxygen atoms in total. The molecule has 0 spiro atoms. The summed E-state index contributed by atoms with van der Waals surface area (Å²) in [6, 6.07) is 8.84. The van der Waals surface area contributed by atoms with Gasteiger partial charge in [-0.15, -0.1) is 0 Å². The summed E-state index contributed by atoms with van der Waals surface area (Å²) in [7, 11) is 0. The molecule has 1 aromatic heterocycles. The lowest BCUT2D eigenvalue weighted by Crippen LogP contribution is -2.28. The number of hydrogen-bond acceptors (Lipinski definition) is 3. The lowest BCUT2D eigenvalue weighted by atomic mass is 10.0. The highest BCUT2D eigenvalue weighted by Crippen LogP contribution is 2.37. The minimum Gasteiger partial charge on any atom is -0.459 e. The van der Waals surface area contributed by atoms with Crippen LogP contribution in [0.25, 0.3) is 11.0 Å². The molecule has 3 unspecified atom stereocenters. The third-order valence-electron chi connectivity index (χ3n) is 5.43. The number of hydrogen-bond donors (Lipinski definition) is 1. The van der Waals surface area contributed by atoms with E-state index >= 15 is 0 Å². The SMILES string of the molecule is CCc1c(C(C)N2CC3CNCC3C2)oc2ccccc12. The second kappa shape index (κ2) is 5.15. The number of nitrogens with one attached hydrogen (secondary N) is 1. The van der Waals surface area contributed by atoms with Crippen LogP contribution in [0.2, 0.25) is 0 Å². The smallest absolute Gasteiger partial charge is 0.134 e. The van der Waals surface area contributed by atoms with Crippen LogP contribution in [0.15, 0.2) is 28.7 Å². The average Bonchev–Trinajstić information content (AvgIpc) is 3.18. The Balaban J connectivity index is 1.66. The predicted octanol–water partition coefficient (Wildman–Crippen LogP) is 3.21. The number of para-hydroxylation sites is 1. The van der Waals surface area contributed by atoms with Crippen molar-refractivity contribution in [2.45, 2.75) is 26.3 Å². The van der Waals surface area contributed by atoms with Crippen LogP contribution in [0.4, 0.5) is 0 Å². The molecule has 4 rings (SSSR count). The Morgan fingerprint density at radius 2 is 1.95 bits per heavy atom. The van der Waals surface area contributed by atoms with Gasteiger partial charge in [0, 0.05) is 24.0 Å². The Morgan fingerprint density at radius 1 is 1.24 bits per heavy atom. The summed E-state index contributed by atoms with van der Waals surface area (Å²) in [6.45, 7) is 9.34. The molecule has 0 saturated carbocycles. The molecule has 2 aromatic rings. The molecule has 112 valence electrons. The summed E-state index contributed by atoms with van der Waals surface area (Å²) in [6.07, 6.45) is 1.04. The Kier molecular flexibility index (Phi) is 3.27. The van der Waals surface area contributed by atoms with E-state index in [2.05, 4.69) is 48.3 Å². The molecule has 0 radical (unpaired) electrons. The molecule has 1 N–H and O–H groups in total. The van der Waals surface area contributed by atoms with E-state index < -0.39 is 0 Å². The summed E-state index contributed by atoms with van der Waals surface area (Å²) >= 11 is 0. The van der Waals surface area contributed by atoms with Gasteiger partial charge in [0.15, 0.2) is 0 Å². The summed E-state index contributed by atoms with van der Waals surface area (Å²) in [5.74, 6) is 2.86. The number of furan rings is 1. The third-order valence-corrected chi connectivity index (χ3v) is 5.43. The third kappa shape index (κ3) is 2.11. The maximum atomic E-state index is 6.23. The lowest BCUT2D eigenvalue weighted by Gasteiger charge is -2.24. The van der Waals surface area contributed by atoms with Gasteiger partial charge in [-0.1, -0.05) is 25.1 Å². The normalized spacial score (nSPS) is 27.3. The van der Waals surface area contributed by atoms with Crippen LogP contribution < -0.4 is 5.32 Å². The molecule has 0 bridgehead atoms. The van der Waals surface area contributed by atoms with Gasteiger partial charge in [0.1, 0.15) is 11.3 Å². The molecule has 3 atom stereocenters. The van der Waals surface area contributed by atoms with E-state index in [1.165, 1.54) is 42.9 Å². The first kappa shape index (κ1) is 13.4. The van der Waals surface area contributed by atoms with E-state index in [0.29, 0.717) is 6.04 Å². The zero-order valence-corrected chi connectivity index (χ0v) is 12.9. The molecule has 2 aliphatic rings. The topological polar surface area (TPSA) is 28.4 Å². The van der Waals surface area contributed by atoms with E-state index in [-0.39, 0.29) is 0 Å². The minimum absolute atomic E-state index is 0.387. The van der Waals surface area contributed by atoms with E-state index in [1.807, 2.05) is 0 Å². The Bertz CT molecular complexity index is 636. The van der Waals surface area contributed by atoms with Crippen LogP contribution in [0, 0.1) is 11.8 Å². The van der Waals surface area contributed by atoms with Gasteiger partial charge < -0.3 is 9.73 Å². The van der Waals surface area contributed by atoms with Crippen molar-refractivity contribution in [3.8, 4) is 0 Å². The molecule has 2 aliphatic heterocycles. The van der Waals surface area contributed by atoms with Gasteiger partial charge in [0.2, 0.25) is 0 Å². The van der Waals surface area contributed by atoms with Gasteiger partial charge in [-0.2, -0.15) is 0 Å². The van der Waals surface area contributed by atoms with Gasteiger partial charge in [-0.3, -0.25) is 4.90 Å². The van der Waals surface area contributed by atoms with Crippen molar-refractivity contribution in [3.05, 3.63) is 35.6 Å². The number of benzene rings is 1. The van der Waals surface area contributed by atoms with Gasteiger partial charge >= 0.3 is 0 Å². The molecule has 1 aromatic carbocycles. The zero-order chi connectivity index (χ0) is 14.4. The summed E-state index contributed by atoms with van der Waals surface area (Å²) in [5.41, 5.74) is 2.44. The second-order valence-corrected chi connectivity index (χ2v) is 6.60. The molecular formula is C18H24N2O. The standard InChI is InChI=1S/C18H24N2O/c1-3-15-16-6-4-5-7-17(16)21-18(15)12(2)20-10-13-8-19-9-14(13)11-20/h4-7,12-14,19H,3,8-11H2,1-2H3. The van der Waals surface area contributed by atoms with Gasteiger partial charge in [-0.05, 0) is 44.3 Å². The van der Waals surface area contributed by atoms with Crippen molar-refractivity contribution in [1.82, 2.24) is 10.2 Å². The highest BCUT2D eigenvalue weighted by molar-refractivity contribution is 5.82. The Hall–Kier alpha value is -1.32. The highest BCUT2D eigenvalue weighted by Gasteiger charge is 2.39. The number of nitrogens with zero attached hydrogens (tertiary/aromatic N) is 1. The van der Waals surface area contributed by atoms with Crippen molar-refractivity contribution >= 4 is 11.0 Å². The molecule has 3 heterocycles. The van der Waals surface area contributed by atoms with E-state index in [0.717, 1.165) is 23.8 Å². The van der Waals surface area contributed by atoms with Gasteiger partial charge in [-0.25, -0.2) is 0 Å². The predicted molar refractivity (Wildman–Crippen MR) is 85.4 cm³/mol. The molecule has 21 heavy (non-hydrogen) atoms. The maximum Gasteiger partial charge on any atom is 0.134 e. The summed E-state index contributed by atoms with van der Waals surface area (Å²) in [4.78, 5) is 2.62. The molecular weight excluding hydrogens is 260 g/mol. The van der Waals surface area contributed by atoms with Crippen LogP contribution >= 0.6 is 0 Å². The highest BCUT2D eigenvalue weighted by atomic mass is 16.3. The van der Waals surface area contributed by atoms with Crippen molar-refractivity contribution in [1.29, 1.82) is 0 Å². The molecule has 2 saturated heterocycles. The minimum atomic E-state index is 0.387. The van der Waals surface area contributed by atoms with Gasteiger partial charge in [0.05, 0.1) is 6.04 Å². The van der Waals surface area contributed by atoms with Crippen LogP contribution in [0.1, 0.15) is 31.2 Å². The van der Waals surface area contributed by atoms with Gasteiger partial charge in [0.25, 0.3) is 0 Å². The number of likely N-dealkylation sites (tertiary alicyclic amines) is 1. The largest absolute Gasteiger partial charge is 0.459 e. The number of fused-ring (bicyclic) bond motifs is 2. The Morgan fingerprint density at radius 3 is 2.67 bits per heavy atom. The summed E-state index contributed by atoms with van der Waals surface area (Å²) < 4.78 is 6.23. The van der Waals surface area contributed by atoms with Crippen LogP contribution in [0.3, 0.4) is 0 Å². The number of rotatable bonds is 3. The summed E-state index contributed by atoms with van der Waals surface area (Å²) in [5, 5.41) is 4.81. The monoisotopic (exact) mass is 284 g/mol. The lowest BCUT2D eigenvalue weighted by molar-refractivity contribution is 0.218. The van der Waals surface area contributed by atoms with Crippen molar-refractivity contribution in [2.75, 3.05) is 26.2 Å². The van der Waals surface area contributed by atoms with E-state index in [1.54, 1.807) is 0 Å². The Labute approximate surface area is 126 Å². The molecule has 0 amide bonds. The first-order valence-electron chi connectivity index (χ1n) is 8.23. The number of aryl methyl sites for hydroxylation is 1. The fraction of sp³-hybridized carbons (Fsp3) is 0.556. The van der Waals surface area contributed by atoms with Crippen molar-refractivity contribution < 1.29 is 4.42 Å². The van der Waals surface area contributed by atoms with Crippen LogP contribution in [0.5, 0.6) is 0 Å². The average molecular weight is 284 g/mol. The zero-order valence-electron chi connectivity index (χ0n) is 12.9. The van der Waals surface area contributed by atoms with Crippen LogP contribution in [-0.4, -0.2) is 31.1 Å². The second-order valence-electron chi connectivity index (χ2n) is 6.60. The van der Waals surface area contributed by atoms with E-state index in [9.17, 15) is 0 Å². The van der Waals surface area contributed by atoms with Crippen molar-refractivity contribution in [3.63, 3.8) is 0 Å². The van der Waals surface area contributed by atoms with Crippen molar-refractivity contribution in [2.24, 2.45) is 11.8 Å². The molecule has 3 heteroatoms. The molecule has 0 aliphatic carbocycles. The molecule has 2 fully saturated rings. The fourth-order valence-corrected chi connectivity index (χ4v) is 4.19.